The van der Waals surface area contributed by atoms with Gasteiger partial charge in [-0.1, -0.05) is 18.2 Å². The molecule has 0 amide bonds. The SMILES string of the molecule is CN=C(NCCCOCC1CCOCC1)NC1CCOc2ccccc21.I. The second kappa shape index (κ2) is 12.4. The summed E-state index contributed by atoms with van der Waals surface area (Å²) in [5.74, 6) is 2.46. The van der Waals surface area contributed by atoms with Crippen molar-refractivity contribution in [2.45, 2.75) is 31.7 Å². The van der Waals surface area contributed by atoms with Crippen molar-refractivity contribution in [3.63, 3.8) is 0 Å². The van der Waals surface area contributed by atoms with Crippen LogP contribution in [-0.4, -0.2) is 52.6 Å². The highest BCUT2D eigenvalue weighted by molar-refractivity contribution is 14.0. The van der Waals surface area contributed by atoms with Crippen LogP contribution in [-0.2, 0) is 9.47 Å². The molecule has 1 aromatic rings. The van der Waals surface area contributed by atoms with E-state index in [4.69, 9.17) is 14.2 Å². The zero-order chi connectivity index (χ0) is 18.0. The molecule has 2 aliphatic heterocycles. The first-order chi connectivity index (χ1) is 12.9. The monoisotopic (exact) mass is 489 g/mol. The summed E-state index contributed by atoms with van der Waals surface area (Å²) in [6.07, 6.45) is 4.16. The number of para-hydroxylation sites is 1. The van der Waals surface area contributed by atoms with E-state index >= 15 is 0 Å². The van der Waals surface area contributed by atoms with Gasteiger partial charge in [0, 0.05) is 52.0 Å². The Labute approximate surface area is 179 Å². The van der Waals surface area contributed by atoms with Crippen molar-refractivity contribution in [1.82, 2.24) is 10.6 Å². The molecular weight excluding hydrogens is 457 g/mol. The van der Waals surface area contributed by atoms with Crippen molar-refractivity contribution in [3.05, 3.63) is 29.8 Å². The largest absolute Gasteiger partial charge is 0.493 e. The van der Waals surface area contributed by atoms with E-state index < -0.39 is 0 Å². The smallest absolute Gasteiger partial charge is 0.191 e. The van der Waals surface area contributed by atoms with E-state index in [1.54, 1.807) is 0 Å². The number of ether oxygens (including phenoxy) is 3. The molecule has 1 saturated heterocycles. The maximum absolute atomic E-state index is 5.81. The molecule has 0 radical (unpaired) electrons. The summed E-state index contributed by atoms with van der Waals surface area (Å²) in [4.78, 5) is 4.35. The highest BCUT2D eigenvalue weighted by Crippen LogP contribution is 2.31. The van der Waals surface area contributed by atoms with E-state index in [0.29, 0.717) is 5.92 Å². The normalized spacial score (nSPS) is 20.2. The van der Waals surface area contributed by atoms with Gasteiger partial charge in [-0.25, -0.2) is 0 Å². The Bertz CT molecular complexity index is 579. The Morgan fingerprint density at radius 1 is 1.19 bits per heavy atom. The minimum atomic E-state index is 0. The molecule has 0 bridgehead atoms. The van der Waals surface area contributed by atoms with E-state index in [9.17, 15) is 0 Å². The molecule has 0 aliphatic carbocycles. The van der Waals surface area contributed by atoms with Crippen LogP contribution in [0.3, 0.4) is 0 Å². The third kappa shape index (κ3) is 7.12. The number of hydrogen-bond acceptors (Lipinski definition) is 4. The summed E-state index contributed by atoms with van der Waals surface area (Å²) >= 11 is 0. The lowest BCUT2D eigenvalue weighted by atomic mass is 10.0. The predicted octanol–water partition coefficient (Wildman–Crippen LogP) is 3.13. The third-order valence-electron chi connectivity index (χ3n) is 4.95. The molecule has 0 aromatic heterocycles. The van der Waals surface area contributed by atoms with Gasteiger partial charge in [-0.05, 0) is 31.2 Å². The average Bonchev–Trinajstić information content (AvgIpc) is 2.70. The first kappa shape index (κ1) is 22.2. The van der Waals surface area contributed by atoms with E-state index in [2.05, 4.69) is 21.7 Å². The fraction of sp³-hybridized carbons (Fsp3) is 0.650. The fourth-order valence-corrected chi connectivity index (χ4v) is 3.40. The number of guanidine groups is 1. The lowest BCUT2D eigenvalue weighted by Crippen LogP contribution is -2.41. The Morgan fingerprint density at radius 2 is 2.00 bits per heavy atom. The van der Waals surface area contributed by atoms with Crippen LogP contribution < -0.4 is 15.4 Å². The Kier molecular flexibility index (Phi) is 10.2. The maximum atomic E-state index is 5.81. The molecule has 7 heteroatoms. The lowest BCUT2D eigenvalue weighted by molar-refractivity contribution is 0.0203. The number of aliphatic imine (C=N–C) groups is 1. The van der Waals surface area contributed by atoms with Crippen molar-refractivity contribution >= 4 is 29.9 Å². The van der Waals surface area contributed by atoms with Gasteiger partial charge in [0.1, 0.15) is 5.75 Å². The number of hydrogen-bond donors (Lipinski definition) is 2. The van der Waals surface area contributed by atoms with Gasteiger partial charge in [-0.2, -0.15) is 0 Å². The van der Waals surface area contributed by atoms with Gasteiger partial charge in [0.2, 0.25) is 0 Å². The van der Waals surface area contributed by atoms with Crippen LogP contribution in [0.15, 0.2) is 29.3 Å². The Hall–Kier alpha value is -1.06. The molecule has 1 fully saturated rings. The minimum Gasteiger partial charge on any atom is -0.493 e. The molecule has 27 heavy (non-hydrogen) atoms. The van der Waals surface area contributed by atoms with Gasteiger partial charge in [-0.3, -0.25) is 4.99 Å². The van der Waals surface area contributed by atoms with Gasteiger partial charge in [-0.15, -0.1) is 24.0 Å². The van der Waals surface area contributed by atoms with Crippen LogP contribution in [0.25, 0.3) is 0 Å². The van der Waals surface area contributed by atoms with Crippen molar-refractivity contribution in [1.29, 1.82) is 0 Å². The standard InChI is InChI=1S/C20H31N3O3.HI/c1-21-20(22-10-4-11-25-15-16-7-12-24-13-8-16)23-18-9-14-26-19-6-3-2-5-17(18)19;/h2-3,5-6,16,18H,4,7-15H2,1H3,(H2,21,22,23);1H. The zero-order valence-corrected chi connectivity index (χ0v) is 18.4. The third-order valence-corrected chi connectivity index (χ3v) is 4.95. The van der Waals surface area contributed by atoms with Gasteiger partial charge < -0.3 is 24.8 Å². The van der Waals surface area contributed by atoms with Gasteiger partial charge in [0.05, 0.1) is 12.6 Å². The number of rotatable bonds is 7. The van der Waals surface area contributed by atoms with Crippen molar-refractivity contribution < 1.29 is 14.2 Å². The summed E-state index contributed by atoms with van der Waals surface area (Å²) in [5.41, 5.74) is 1.20. The predicted molar refractivity (Wildman–Crippen MR) is 118 cm³/mol. The van der Waals surface area contributed by atoms with Gasteiger partial charge in [0.25, 0.3) is 0 Å². The van der Waals surface area contributed by atoms with Crippen LogP contribution in [0.5, 0.6) is 5.75 Å². The molecule has 6 nitrogen and oxygen atoms in total. The molecule has 152 valence electrons. The highest BCUT2D eigenvalue weighted by atomic mass is 127. The number of benzene rings is 1. The van der Waals surface area contributed by atoms with Crippen LogP contribution >= 0.6 is 24.0 Å². The summed E-state index contributed by atoms with van der Waals surface area (Å²) in [6, 6.07) is 8.43. The highest BCUT2D eigenvalue weighted by Gasteiger charge is 2.21. The van der Waals surface area contributed by atoms with E-state index in [0.717, 1.165) is 77.0 Å². The fourth-order valence-electron chi connectivity index (χ4n) is 3.40. The van der Waals surface area contributed by atoms with Crippen molar-refractivity contribution in [2.24, 2.45) is 10.9 Å². The van der Waals surface area contributed by atoms with E-state index in [1.807, 2.05) is 25.2 Å². The Morgan fingerprint density at radius 3 is 2.81 bits per heavy atom. The lowest BCUT2D eigenvalue weighted by Gasteiger charge is -2.28. The van der Waals surface area contributed by atoms with E-state index in [1.165, 1.54) is 5.56 Å². The molecule has 2 aliphatic rings. The molecule has 0 spiro atoms. The molecular formula is C20H32IN3O3. The van der Waals surface area contributed by atoms with Crippen LogP contribution in [0.1, 0.15) is 37.3 Å². The second-order valence-electron chi connectivity index (χ2n) is 6.86. The minimum absolute atomic E-state index is 0. The first-order valence-corrected chi connectivity index (χ1v) is 9.71. The van der Waals surface area contributed by atoms with Gasteiger partial charge in [0.15, 0.2) is 5.96 Å². The van der Waals surface area contributed by atoms with Crippen LogP contribution in [0, 0.1) is 5.92 Å². The molecule has 2 N–H and O–H groups in total. The quantitative estimate of drug-likeness (QED) is 0.267. The van der Waals surface area contributed by atoms with Crippen LogP contribution in [0.2, 0.25) is 0 Å². The van der Waals surface area contributed by atoms with Gasteiger partial charge >= 0.3 is 0 Å². The molecule has 2 heterocycles. The molecule has 3 rings (SSSR count). The van der Waals surface area contributed by atoms with E-state index in [-0.39, 0.29) is 30.0 Å². The topological polar surface area (TPSA) is 64.1 Å². The molecule has 1 atom stereocenters. The number of halogens is 1. The maximum Gasteiger partial charge on any atom is 0.191 e. The van der Waals surface area contributed by atoms with Crippen LogP contribution in [0.4, 0.5) is 0 Å². The number of nitrogens with one attached hydrogen (secondary N) is 2. The van der Waals surface area contributed by atoms with Crippen molar-refractivity contribution in [3.8, 4) is 5.75 Å². The Balaban J connectivity index is 0.00000261. The second-order valence-corrected chi connectivity index (χ2v) is 6.86. The summed E-state index contributed by atoms with van der Waals surface area (Å²) in [5, 5.41) is 6.89. The molecule has 0 saturated carbocycles. The zero-order valence-electron chi connectivity index (χ0n) is 16.1. The van der Waals surface area contributed by atoms with Crippen molar-refractivity contribution in [2.75, 3.05) is 46.6 Å². The average molecular weight is 489 g/mol. The summed E-state index contributed by atoms with van der Waals surface area (Å²) < 4.78 is 16.9. The summed E-state index contributed by atoms with van der Waals surface area (Å²) in [6.45, 7) is 4.97. The summed E-state index contributed by atoms with van der Waals surface area (Å²) in [7, 11) is 1.81. The number of nitrogens with zero attached hydrogens (tertiary/aromatic N) is 1. The molecule has 1 unspecified atom stereocenters. The first-order valence-electron chi connectivity index (χ1n) is 9.71. The number of fused-ring (bicyclic) bond motifs is 1. The molecule has 1 aromatic carbocycles.